The number of hydrogen-bond acceptors (Lipinski definition) is 3. The lowest BCUT2D eigenvalue weighted by atomic mass is 9.90. The molecule has 0 spiro atoms. The van der Waals surface area contributed by atoms with Crippen LogP contribution in [0.2, 0.25) is 0 Å². The quantitative estimate of drug-likeness (QED) is 0.805. The molecule has 0 bridgehead atoms. The molecular weight excluding hydrogens is 190 g/mol. The summed E-state index contributed by atoms with van der Waals surface area (Å²) in [5, 5.41) is 0. The number of nitrogens with two attached hydrogens (primary N) is 1. The smallest absolute Gasteiger partial charge is 0.126 e. The fraction of sp³-hybridized carbons (Fsp3) is 0.500. The number of rotatable bonds is 2. The molecule has 2 N–H and O–H groups in total. The Morgan fingerprint density at radius 2 is 2.33 bits per heavy atom. The molecular formula is C12H17NO2. The van der Waals surface area contributed by atoms with Crippen molar-refractivity contribution in [1.29, 1.82) is 0 Å². The second kappa shape index (κ2) is 4.11. The molecule has 2 unspecified atom stereocenters. The van der Waals surface area contributed by atoms with Crippen molar-refractivity contribution in [2.24, 2.45) is 5.73 Å². The van der Waals surface area contributed by atoms with Crippen LogP contribution in [-0.4, -0.2) is 19.8 Å². The highest BCUT2D eigenvalue weighted by Gasteiger charge is 2.24. The van der Waals surface area contributed by atoms with E-state index in [-0.39, 0.29) is 6.10 Å². The van der Waals surface area contributed by atoms with Gasteiger partial charge in [-0.3, -0.25) is 0 Å². The van der Waals surface area contributed by atoms with Crippen molar-refractivity contribution in [1.82, 2.24) is 0 Å². The molecule has 0 saturated carbocycles. The average Bonchev–Trinajstić information content (AvgIpc) is 2.26. The molecule has 1 heterocycles. The molecule has 0 radical (unpaired) electrons. The van der Waals surface area contributed by atoms with Crippen LogP contribution in [0, 0.1) is 0 Å². The highest BCUT2D eigenvalue weighted by molar-refractivity contribution is 5.44. The Bertz CT molecular complexity index is 351. The molecule has 1 aromatic carbocycles. The first-order valence-corrected chi connectivity index (χ1v) is 5.29. The SMILES string of the molecule is COc1ccc2c(c1)OC(C)CC2CN. The third-order valence-electron chi connectivity index (χ3n) is 2.89. The van der Waals surface area contributed by atoms with E-state index in [9.17, 15) is 0 Å². The molecule has 2 rings (SSSR count). The van der Waals surface area contributed by atoms with E-state index in [1.807, 2.05) is 12.1 Å². The first-order valence-electron chi connectivity index (χ1n) is 5.29. The van der Waals surface area contributed by atoms with E-state index in [1.165, 1.54) is 5.56 Å². The van der Waals surface area contributed by atoms with E-state index in [2.05, 4.69) is 13.0 Å². The topological polar surface area (TPSA) is 44.5 Å². The van der Waals surface area contributed by atoms with Crippen molar-refractivity contribution in [3.63, 3.8) is 0 Å². The van der Waals surface area contributed by atoms with Crippen LogP contribution in [0.3, 0.4) is 0 Å². The minimum Gasteiger partial charge on any atom is -0.497 e. The lowest BCUT2D eigenvalue weighted by Crippen LogP contribution is -2.26. The Labute approximate surface area is 90.2 Å². The maximum atomic E-state index is 5.77. The van der Waals surface area contributed by atoms with E-state index in [0.29, 0.717) is 12.5 Å². The molecule has 82 valence electrons. The van der Waals surface area contributed by atoms with Gasteiger partial charge in [0.15, 0.2) is 0 Å². The Morgan fingerprint density at radius 3 is 3.00 bits per heavy atom. The Kier molecular flexibility index (Phi) is 2.82. The third-order valence-corrected chi connectivity index (χ3v) is 2.89. The zero-order chi connectivity index (χ0) is 10.8. The van der Waals surface area contributed by atoms with Gasteiger partial charge in [-0.25, -0.2) is 0 Å². The summed E-state index contributed by atoms with van der Waals surface area (Å²) in [5.41, 5.74) is 6.97. The molecule has 3 heteroatoms. The van der Waals surface area contributed by atoms with Crippen molar-refractivity contribution in [3.05, 3.63) is 23.8 Å². The molecule has 15 heavy (non-hydrogen) atoms. The van der Waals surface area contributed by atoms with E-state index in [0.717, 1.165) is 17.9 Å². The average molecular weight is 207 g/mol. The van der Waals surface area contributed by atoms with E-state index >= 15 is 0 Å². The summed E-state index contributed by atoms with van der Waals surface area (Å²) in [5.74, 6) is 2.16. The van der Waals surface area contributed by atoms with Gasteiger partial charge in [-0.15, -0.1) is 0 Å². The summed E-state index contributed by atoms with van der Waals surface area (Å²) < 4.78 is 10.9. The fourth-order valence-corrected chi connectivity index (χ4v) is 2.10. The minimum atomic E-state index is 0.234. The van der Waals surface area contributed by atoms with Crippen LogP contribution in [-0.2, 0) is 0 Å². The molecule has 1 aromatic rings. The largest absolute Gasteiger partial charge is 0.497 e. The molecule has 1 aliphatic rings. The van der Waals surface area contributed by atoms with Gasteiger partial charge < -0.3 is 15.2 Å². The van der Waals surface area contributed by atoms with Gasteiger partial charge in [0.2, 0.25) is 0 Å². The maximum absolute atomic E-state index is 5.77. The van der Waals surface area contributed by atoms with Gasteiger partial charge in [0.05, 0.1) is 13.2 Å². The van der Waals surface area contributed by atoms with Crippen LogP contribution in [0.15, 0.2) is 18.2 Å². The van der Waals surface area contributed by atoms with E-state index < -0.39 is 0 Å². The highest BCUT2D eigenvalue weighted by atomic mass is 16.5. The number of ether oxygens (including phenoxy) is 2. The summed E-state index contributed by atoms with van der Waals surface area (Å²) >= 11 is 0. The maximum Gasteiger partial charge on any atom is 0.126 e. The summed E-state index contributed by atoms with van der Waals surface area (Å²) in [6.45, 7) is 2.75. The lowest BCUT2D eigenvalue weighted by molar-refractivity contribution is 0.176. The standard InChI is InChI=1S/C12H17NO2/c1-8-5-9(7-13)11-4-3-10(14-2)6-12(11)15-8/h3-4,6,8-9H,5,7,13H2,1-2H3. The molecule has 0 fully saturated rings. The zero-order valence-electron chi connectivity index (χ0n) is 9.19. The van der Waals surface area contributed by atoms with Crippen molar-refractivity contribution in [3.8, 4) is 11.5 Å². The lowest BCUT2D eigenvalue weighted by Gasteiger charge is -2.29. The van der Waals surface area contributed by atoms with Crippen LogP contribution in [0.1, 0.15) is 24.8 Å². The van der Waals surface area contributed by atoms with Crippen molar-refractivity contribution >= 4 is 0 Å². The summed E-state index contributed by atoms with van der Waals surface area (Å²) in [6, 6.07) is 5.95. The van der Waals surface area contributed by atoms with Crippen LogP contribution in [0.5, 0.6) is 11.5 Å². The second-order valence-corrected chi connectivity index (χ2v) is 4.00. The van der Waals surface area contributed by atoms with Crippen molar-refractivity contribution in [2.75, 3.05) is 13.7 Å². The van der Waals surface area contributed by atoms with Crippen LogP contribution >= 0.6 is 0 Å². The summed E-state index contributed by atoms with van der Waals surface area (Å²) in [4.78, 5) is 0. The number of methoxy groups -OCH3 is 1. The monoisotopic (exact) mass is 207 g/mol. The molecule has 1 aliphatic heterocycles. The summed E-state index contributed by atoms with van der Waals surface area (Å²) in [7, 11) is 1.66. The van der Waals surface area contributed by atoms with Gasteiger partial charge in [-0.05, 0) is 31.5 Å². The van der Waals surface area contributed by atoms with Gasteiger partial charge in [0, 0.05) is 12.0 Å². The van der Waals surface area contributed by atoms with Gasteiger partial charge in [-0.2, -0.15) is 0 Å². The molecule has 2 atom stereocenters. The third kappa shape index (κ3) is 1.92. The number of benzene rings is 1. The number of fused-ring (bicyclic) bond motifs is 1. The van der Waals surface area contributed by atoms with E-state index in [4.69, 9.17) is 15.2 Å². The highest BCUT2D eigenvalue weighted by Crippen LogP contribution is 2.37. The zero-order valence-corrected chi connectivity index (χ0v) is 9.19. The molecule has 3 nitrogen and oxygen atoms in total. The Balaban J connectivity index is 2.37. The van der Waals surface area contributed by atoms with Gasteiger partial charge in [-0.1, -0.05) is 6.07 Å². The summed E-state index contributed by atoms with van der Waals surface area (Å²) in [6.07, 6.45) is 1.23. The van der Waals surface area contributed by atoms with E-state index in [1.54, 1.807) is 7.11 Å². The molecule has 0 saturated heterocycles. The van der Waals surface area contributed by atoms with Crippen molar-refractivity contribution < 1.29 is 9.47 Å². The Morgan fingerprint density at radius 1 is 1.53 bits per heavy atom. The minimum absolute atomic E-state index is 0.234. The molecule has 0 amide bonds. The fourth-order valence-electron chi connectivity index (χ4n) is 2.10. The van der Waals surface area contributed by atoms with Crippen molar-refractivity contribution in [2.45, 2.75) is 25.4 Å². The molecule has 0 aliphatic carbocycles. The number of hydrogen-bond donors (Lipinski definition) is 1. The first-order chi connectivity index (χ1) is 7.24. The van der Waals surface area contributed by atoms with Gasteiger partial charge in [0.1, 0.15) is 11.5 Å². The molecule has 0 aromatic heterocycles. The van der Waals surface area contributed by atoms with Crippen LogP contribution < -0.4 is 15.2 Å². The normalized spacial score (nSPS) is 24.2. The van der Waals surface area contributed by atoms with Crippen LogP contribution in [0.25, 0.3) is 0 Å². The van der Waals surface area contributed by atoms with Gasteiger partial charge in [0.25, 0.3) is 0 Å². The van der Waals surface area contributed by atoms with Gasteiger partial charge >= 0.3 is 0 Å². The Hall–Kier alpha value is -1.22. The predicted octanol–water partition coefficient (Wildman–Crippen LogP) is 1.91. The first kappa shape index (κ1) is 10.3. The predicted molar refractivity (Wildman–Crippen MR) is 59.5 cm³/mol. The second-order valence-electron chi connectivity index (χ2n) is 4.00. The van der Waals surface area contributed by atoms with Crippen LogP contribution in [0.4, 0.5) is 0 Å².